The topological polar surface area (TPSA) is 46.5 Å². The van der Waals surface area contributed by atoms with E-state index >= 15 is 0 Å². The first kappa shape index (κ1) is 13.5. The molecule has 1 fully saturated rings. The predicted octanol–water partition coefficient (Wildman–Crippen LogP) is 2.52. The second-order valence-corrected chi connectivity index (χ2v) is 5.54. The molecule has 94 valence electrons. The lowest BCUT2D eigenvalue weighted by atomic mass is 9.66. The third-order valence-electron chi connectivity index (χ3n) is 4.06. The Morgan fingerprint density at radius 2 is 1.81 bits per heavy atom. The number of carbonyl (C=O) groups is 1. The number of rotatable bonds is 3. The van der Waals surface area contributed by atoms with Crippen LogP contribution in [0.3, 0.4) is 0 Å². The number of ether oxygens (including phenoxy) is 1. The van der Waals surface area contributed by atoms with Crippen molar-refractivity contribution in [3.63, 3.8) is 0 Å². The third-order valence-corrected chi connectivity index (χ3v) is 4.06. The number of carbonyl (C=O) groups excluding carboxylic acids is 1. The van der Waals surface area contributed by atoms with E-state index in [1.807, 2.05) is 27.7 Å². The van der Waals surface area contributed by atoms with Crippen LogP contribution in [0.4, 0.5) is 0 Å². The summed E-state index contributed by atoms with van der Waals surface area (Å²) in [5.74, 6) is 0.139. The van der Waals surface area contributed by atoms with Gasteiger partial charge in [-0.3, -0.25) is 4.79 Å². The molecule has 0 radical (unpaired) electrons. The molecule has 0 aromatic heterocycles. The standard InChI is InChI=1S/C13H24O3/c1-5-16-11(14)12(4)6-8-13(15,9-7-12)10(2)3/h10,15H,5-9H2,1-4H3/t12-,13-. The zero-order valence-electron chi connectivity index (χ0n) is 10.9. The molecule has 1 N–H and O–H groups in total. The van der Waals surface area contributed by atoms with Crippen molar-refractivity contribution in [3.05, 3.63) is 0 Å². The van der Waals surface area contributed by atoms with Gasteiger partial charge in [0, 0.05) is 0 Å². The Kier molecular flexibility index (Phi) is 4.00. The highest BCUT2D eigenvalue weighted by atomic mass is 16.5. The summed E-state index contributed by atoms with van der Waals surface area (Å²) in [7, 11) is 0. The van der Waals surface area contributed by atoms with E-state index in [0.717, 1.165) is 12.8 Å². The molecule has 0 saturated heterocycles. The van der Waals surface area contributed by atoms with Gasteiger partial charge >= 0.3 is 5.97 Å². The first-order valence-electron chi connectivity index (χ1n) is 6.24. The summed E-state index contributed by atoms with van der Waals surface area (Å²) in [5, 5.41) is 10.3. The highest BCUT2D eigenvalue weighted by Crippen LogP contribution is 2.44. The molecule has 0 atom stereocenters. The average molecular weight is 228 g/mol. The summed E-state index contributed by atoms with van der Waals surface area (Å²) in [6, 6.07) is 0. The molecule has 0 aliphatic heterocycles. The van der Waals surface area contributed by atoms with Gasteiger partial charge in [-0.2, -0.15) is 0 Å². The molecule has 3 nitrogen and oxygen atoms in total. The van der Waals surface area contributed by atoms with Crippen LogP contribution >= 0.6 is 0 Å². The fourth-order valence-electron chi connectivity index (χ4n) is 2.32. The molecule has 0 heterocycles. The first-order valence-corrected chi connectivity index (χ1v) is 6.24. The van der Waals surface area contributed by atoms with Gasteiger partial charge in [-0.05, 0) is 45.4 Å². The van der Waals surface area contributed by atoms with Gasteiger partial charge in [0.15, 0.2) is 0 Å². The van der Waals surface area contributed by atoms with E-state index in [9.17, 15) is 9.90 Å². The van der Waals surface area contributed by atoms with Gasteiger partial charge < -0.3 is 9.84 Å². The van der Waals surface area contributed by atoms with Crippen LogP contribution in [0.15, 0.2) is 0 Å². The van der Waals surface area contributed by atoms with Gasteiger partial charge in [0.2, 0.25) is 0 Å². The minimum absolute atomic E-state index is 0.110. The molecule has 1 aliphatic carbocycles. The zero-order chi connectivity index (χ0) is 12.4. The molecule has 1 aliphatic rings. The predicted molar refractivity (Wildman–Crippen MR) is 63.0 cm³/mol. The molecule has 3 heteroatoms. The van der Waals surface area contributed by atoms with Crippen LogP contribution in [0.5, 0.6) is 0 Å². The maximum absolute atomic E-state index is 11.8. The molecule has 0 amide bonds. The van der Waals surface area contributed by atoms with Crippen LogP contribution in [0.25, 0.3) is 0 Å². The van der Waals surface area contributed by atoms with E-state index in [4.69, 9.17) is 4.74 Å². The van der Waals surface area contributed by atoms with Crippen molar-refractivity contribution >= 4 is 5.97 Å². The van der Waals surface area contributed by atoms with Crippen molar-refractivity contribution in [3.8, 4) is 0 Å². The largest absolute Gasteiger partial charge is 0.466 e. The number of hydrogen-bond acceptors (Lipinski definition) is 3. The second kappa shape index (κ2) is 4.74. The van der Waals surface area contributed by atoms with E-state index in [-0.39, 0.29) is 11.9 Å². The zero-order valence-corrected chi connectivity index (χ0v) is 10.9. The Labute approximate surface area is 98.2 Å². The van der Waals surface area contributed by atoms with Crippen LogP contribution in [0.1, 0.15) is 53.4 Å². The van der Waals surface area contributed by atoms with Gasteiger partial charge in [-0.1, -0.05) is 13.8 Å². The molecule has 16 heavy (non-hydrogen) atoms. The van der Waals surface area contributed by atoms with Crippen molar-refractivity contribution in [2.75, 3.05) is 6.61 Å². The minimum Gasteiger partial charge on any atom is -0.466 e. The van der Waals surface area contributed by atoms with Gasteiger partial charge in [0.05, 0.1) is 17.6 Å². The average Bonchev–Trinajstić information content (AvgIpc) is 2.23. The number of aliphatic hydroxyl groups is 1. The quantitative estimate of drug-likeness (QED) is 0.755. The van der Waals surface area contributed by atoms with Crippen LogP contribution in [-0.4, -0.2) is 23.3 Å². The summed E-state index contributed by atoms with van der Waals surface area (Å²) < 4.78 is 5.09. The highest BCUT2D eigenvalue weighted by Gasteiger charge is 2.45. The maximum atomic E-state index is 11.8. The fourth-order valence-corrected chi connectivity index (χ4v) is 2.32. The molecular weight excluding hydrogens is 204 g/mol. The Balaban J connectivity index is 2.63. The monoisotopic (exact) mass is 228 g/mol. The number of hydrogen-bond donors (Lipinski definition) is 1. The van der Waals surface area contributed by atoms with Crippen LogP contribution in [0, 0.1) is 11.3 Å². The molecule has 0 aromatic carbocycles. The number of esters is 1. The van der Waals surface area contributed by atoms with E-state index in [1.165, 1.54) is 0 Å². The van der Waals surface area contributed by atoms with E-state index in [2.05, 4.69) is 0 Å². The highest BCUT2D eigenvalue weighted by molar-refractivity contribution is 5.76. The molecule has 0 bridgehead atoms. The normalized spacial score (nSPS) is 35.1. The fraction of sp³-hybridized carbons (Fsp3) is 0.923. The molecule has 1 rings (SSSR count). The SMILES string of the molecule is CCOC(=O)[C@]1(C)CC[C@](O)(C(C)C)CC1. The maximum Gasteiger partial charge on any atom is 0.311 e. The Hall–Kier alpha value is -0.570. The Morgan fingerprint density at radius 3 is 2.19 bits per heavy atom. The summed E-state index contributed by atoms with van der Waals surface area (Å²) in [5.41, 5.74) is -0.983. The lowest BCUT2D eigenvalue weighted by Crippen LogP contribution is -2.45. The smallest absolute Gasteiger partial charge is 0.311 e. The summed E-state index contributed by atoms with van der Waals surface area (Å²) in [6.07, 6.45) is 2.83. The Morgan fingerprint density at radius 1 is 1.31 bits per heavy atom. The van der Waals surface area contributed by atoms with Gasteiger partial charge in [0.25, 0.3) is 0 Å². The molecule has 0 unspecified atom stereocenters. The van der Waals surface area contributed by atoms with Gasteiger partial charge in [0.1, 0.15) is 0 Å². The van der Waals surface area contributed by atoms with Crippen molar-refractivity contribution < 1.29 is 14.6 Å². The molecule has 1 saturated carbocycles. The second-order valence-electron chi connectivity index (χ2n) is 5.54. The third kappa shape index (κ3) is 2.57. The lowest BCUT2D eigenvalue weighted by molar-refractivity contribution is -0.161. The summed E-state index contributed by atoms with van der Waals surface area (Å²) in [4.78, 5) is 11.8. The first-order chi connectivity index (χ1) is 7.34. The molecule has 0 spiro atoms. The molecule has 0 aromatic rings. The van der Waals surface area contributed by atoms with E-state index in [1.54, 1.807) is 0 Å². The van der Waals surface area contributed by atoms with Crippen molar-refractivity contribution in [1.29, 1.82) is 0 Å². The van der Waals surface area contributed by atoms with Crippen LogP contribution < -0.4 is 0 Å². The van der Waals surface area contributed by atoms with Gasteiger partial charge in [-0.25, -0.2) is 0 Å². The Bertz CT molecular complexity index is 250. The van der Waals surface area contributed by atoms with Crippen molar-refractivity contribution in [1.82, 2.24) is 0 Å². The van der Waals surface area contributed by atoms with E-state index < -0.39 is 11.0 Å². The summed E-state index contributed by atoms with van der Waals surface area (Å²) in [6.45, 7) is 8.28. The van der Waals surface area contributed by atoms with Crippen LogP contribution in [0.2, 0.25) is 0 Å². The summed E-state index contributed by atoms with van der Waals surface area (Å²) >= 11 is 0. The van der Waals surface area contributed by atoms with E-state index in [0.29, 0.717) is 19.4 Å². The lowest BCUT2D eigenvalue weighted by Gasteiger charge is -2.42. The van der Waals surface area contributed by atoms with Gasteiger partial charge in [-0.15, -0.1) is 0 Å². The van der Waals surface area contributed by atoms with Crippen LogP contribution in [-0.2, 0) is 9.53 Å². The van der Waals surface area contributed by atoms with Crippen molar-refractivity contribution in [2.24, 2.45) is 11.3 Å². The van der Waals surface area contributed by atoms with Crippen molar-refractivity contribution in [2.45, 2.75) is 59.0 Å². The minimum atomic E-state index is -0.591. The molecular formula is C13H24O3.